The van der Waals surface area contributed by atoms with E-state index < -0.39 is 11.7 Å². The first kappa shape index (κ1) is 38.2. The third-order valence-corrected chi connectivity index (χ3v) is 7.07. The number of likely N-dealkylation sites (N-methyl/N-ethyl adjacent to an activating group) is 1. The predicted octanol–water partition coefficient (Wildman–Crippen LogP) is 7.50. The summed E-state index contributed by atoms with van der Waals surface area (Å²) in [5.41, 5.74) is 19.7. The highest BCUT2D eigenvalue weighted by Gasteiger charge is 2.12. The molecule has 0 atom stereocenters. The first-order chi connectivity index (χ1) is 23.2. The summed E-state index contributed by atoms with van der Waals surface area (Å²) in [6.45, 7) is 0.320. The molecule has 256 valence electrons. The highest BCUT2D eigenvalue weighted by atomic mass is 35.5. The average Bonchev–Trinajstić information content (AvgIpc) is 3.58. The molecule has 4 aromatic carbocycles. The average molecular weight is 729 g/mol. The Morgan fingerprint density at radius 1 is 0.714 bits per heavy atom. The number of nitrogens with one attached hydrogen (secondary N) is 3. The van der Waals surface area contributed by atoms with E-state index in [-0.39, 0.29) is 23.1 Å². The molecule has 15 heteroatoms. The van der Waals surface area contributed by atoms with Gasteiger partial charge >= 0.3 is 0 Å². The minimum atomic E-state index is -0.573. The van der Waals surface area contributed by atoms with E-state index in [1.807, 2.05) is 14.1 Å². The zero-order chi connectivity index (χ0) is 36.1. The Morgan fingerprint density at radius 2 is 1.31 bits per heavy atom. The Bertz CT molecular complexity index is 1910. The molecule has 1 heterocycles. The fourth-order valence-corrected chi connectivity index (χ4v) is 4.36. The van der Waals surface area contributed by atoms with Crippen LogP contribution in [-0.2, 0) is 4.79 Å². The Hall–Kier alpha value is -5.27. The molecule has 0 radical (unpaired) electrons. The number of benzene rings is 4. The van der Waals surface area contributed by atoms with Crippen molar-refractivity contribution in [3.8, 4) is 0 Å². The smallest absolute Gasteiger partial charge is 0.291 e. The summed E-state index contributed by atoms with van der Waals surface area (Å²) in [5, 5.41) is 9.07. The van der Waals surface area contributed by atoms with Crippen LogP contribution < -0.4 is 33.2 Å². The maximum absolute atomic E-state index is 13.4. The van der Waals surface area contributed by atoms with Crippen LogP contribution in [0.15, 0.2) is 102 Å². The Kier molecular flexibility index (Phi) is 14.3. The van der Waals surface area contributed by atoms with Crippen molar-refractivity contribution in [2.45, 2.75) is 0 Å². The topological polar surface area (TPSA) is 182 Å². The zero-order valence-electron chi connectivity index (χ0n) is 26.3. The van der Waals surface area contributed by atoms with Crippen LogP contribution in [0.25, 0.3) is 0 Å². The molecule has 9 N–H and O–H groups in total. The fourth-order valence-electron chi connectivity index (χ4n) is 3.76. The first-order valence-electron chi connectivity index (χ1n) is 14.2. The van der Waals surface area contributed by atoms with Crippen LogP contribution in [0.5, 0.6) is 0 Å². The van der Waals surface area contributed by atoms with Crippen LogP contribution in [-0.4, -0.2) is 43.3 Å². The van der Waals surface area contributed by atoms with E-state index in [0.29, 0.717) is 55.7 Å². The second-order valence-corrected chi connectivity index (χ2v) is 11.6. The third kappa shape index (κ3) is 12.4. The van der Waals surface area contributed by atoms with Crippen molar-refractivity contribution in [2.24, 2.45) is 0 Å². The number of hydrogen-bond donors (Lipinski definition) is 6. The molecule has 0 aliphatic heterocycles. The van der Waals surface area contributed by atoms with E-state index in [2.05, 4.69) is 16.0 Å². The summed E-state index contributed by atoms with van der Waals surface area (Å²) in [6.07, 6.45) is 1.44. The molecule has 0 fully saturated rings. The second-order valence-electron chi connectivity index (χ2n) is 10.4. The lowest BCUT2D eigenvalue weighted by atomic mass is 10.2. The van der Waals surface area contributed by atoms with Crippen molar-refractivity contribution < 1.29 is 23.2 Å². The van der Waals surface area contributed by atoms with Gasteiger partial charge in [0.05, 0.1) is 50.5 Å². The molecule has 0 unspecified atom stereocenters. The summed E-state index contributed by atoms with van der Waals surface area (Å²) in [5.74, 6) is -1.30. The van der Waals surface area contributed by atoms with Crippen molar-refractivity contribution in [3.05, 3.63) is 129 Å². The van der Waals surface area contributed by atoms with Gasteiger partial charge in [-0.3, -0.25) is 14.4 Å². The Morgan fingerprint density at radius 3 is 1.82 bits per heavy atom. The van der Waals surface area contributed by atoms with Crippen LogP contribution in [0.4, 0.5) is 38.5 Å². The Balaban J connectivity index is 0.000000200. The maximum Gasteiger partial charge on any atom is 0.291 e. The van der Waals surface area contributed by atoms with Crippen LogP contribution in [0, 0.1) is 5.82 Å². The third-order valence-electron chi connectivity index (χ3n) is 6.11. The summed E-state index contributed by atoms with van der Waals surface area (Å²) in [7, 11) is 3.65. The van der Waals surface area contributed by atoms with Crippen molar-refractivity contribution >= 4 is 86.6 Å². The molecule has 5 rings (SSSR count). The molecule has 0 saturated carbocycles. The minimum absolute atomic E-state index is 0.0227. The van der Waals surface area contributed by atoms with Gasteiger partial charge in [-0.25, -0.2) is 4.39 Å². The van der Waals surface area contributed by atoms with Gasteiger partial charge in [0.15, 0.2) is 5.76 Å². The van der Waals surface area contributed by atoms with E-state index in [1.54, 1.807) is 71.6 Å². The number of carbonyl (C=O) groups is 3. The van der Waals surface area contributed by atoms with Gasteiger partial charge in [-0.1, -0.05) is 46.9 Å². The number of furan rings is 1. The van der Waals surface area contributed by atoms with E-state index in [9.17, 15) is 18.8 Å². The van der Waals surface area contributed by atoms with Crippen molar-refractivity contribution in [3.63, 3.8) is 0 Å². The van der Waals surface area contributed by atoms with Crippen molar-refractivity contribution in [1.82, 2.24) is 4.90 Å². The largest absolute Gasteiger partial charge is 0.459 e. The molecule has 0 aliphatic carbocycles. The number of hydrogen-bond acceptors (Lipinski definition) is 8. The van der Waals surface area contributed by atoms with Gasteiger partial charge < -0.3 is 42.5 Å². The lowest BCUT2D eigenvalue weighted by molar-refractivity contribution is -0.116. The molecule has 3 amide bonds. The standard InChI is InChI=1S/C13H10ClFN2O.C11H9ClN2O2.C10H14ClN3O/c14-10-7-8(5-6-12(10)16)17-13(18)9-3-1-2-4-11(9)15;12-8-6-7(3-4-9(8)13)14-11(15)10-2-1-5-16-10;1-14(2)6-10(15)13-9-4-3-7(12)5-8(9)11/h1-7H,16H2,(H,17,18);1-6H,13H2,(H,14,15);3-5H,6,12H2,1-2H3,(H,13,15). The van der Waals surface area contributed by atoms with Crippen LogP contribution in [0.3, 0.4) is 0 Å². The number of halogens is 4. The van der Waals surface area contributed by atoms with Gasteiger partial charge in [0, 0.05) is 17.1 Å². The minimum Gasteiger partial charge on any atom is -0.459 e. The molecular formula is C34H33Cl3FN7O4. The van der Waals surface area contributed by atoms with E-state index >= 15 is 0 Å². The van der Waals surface area contributed by atoms with E-state index in [4.69, 9.17) is 56.4 Å². The second kappa shape index (κ2) is 18.3. The summed E-state index contributed by atoms with van der Waals surface area (Å²) in [6, 6.07) is 23.5. The van der Waals surface area contributed by atoms with Crippen LogP contribution in [0.2, 0.25) is 15.1 Å². The molecule has 1 aromatic heterocycles. The summed E-state index contributed by atoms with van der Waals surface area (Å²) >= 11 is 17.5. The number of nitrogens with two attached hydrogens (primary N) is 3. The first-order valence-corrected chi connectivity index (χ1v) is 15.4. The van der Waals surface area contributed by atoms with Gasteiger partial charge in [-0.05, 0) is 93.0 Å². The monoisotopic (exact) mass is 727 g/mol. The highest BCUT2D eigenvalue weighted by molar-refractivity contribution is 6.34. The predicted molar refractivity (Wildman–Crippen MR) is 196 cm³/mol. The maximum atomic E-state index is 13.4. The highest BCUT2D eigenvalue weighted by Crippen LogP contribution is 2.25. The van der Waals surface area contributed by atoms with Crippen LogP contribution in [0.1, 0.15) is 20.9 Å². The number of carbonyl (C=O) groups excluding carboxylic acids is 3. The SMILES string of the molecule is CN(C)CC(=O)Nc1ccc(N)cc1Cl.Nc1ccc(NC(=O)c2ccccc2F)cc1Cl.Nc1ccc(NC(=O)c2ccco2)cc1Cl. The lowest BCUT2D eigenvalue weighted by Crippen LogP contribution is -2.27. The molecule has 0 saturated heterocycles. The number of anilines is 6. The summed E-state index contributed by atoms with van der Waals surface area (Å²) < 4.78 is 18.3. The van der Waals surface area contributed by atoms with Gasteiger partial charge in [-0.15, -0.1) is 0 Å². The number of rotatable bonds is 7. The fraction of sp³-hybridized carbons (Fsp3) is 0.0882. The van der Waals surface area contributed by atoms with Gasteiger partial charge in [0.2, 0.25) is 5.91 Å². The van der Waals surface area contributed by atoms with E-state index in [0.717, 1.165) is 0 Å². The molecule has 0 spiro atoms. The van der Waals surface area contributed by atoms with Crippen molar-refractivity contribution in [2.75, 3.05) is 53.8 Å². The van der Waals surface area contributed by atoms with Crippen molar-refractivity contribution in [1.29, 1.82) is 0 Å². The lowest BCUT2D eigenvalue weighted by Gasteiger charge is -2.11. The van der Waals surface area contributed by atoms with Crippen LogP contribution >= 0.6 is 34.8 Å². The Labute approximate surface area is 297 Å². The number of nitrogens with zero attached hydrogens (tertiary/aromatic N) is 1. The van der Waals surface area contributed by atoms with Gasteiger partial charge in [0.1, 0.15) is 5.82 Å². The normalized spacial score (nSPS) is 10.2. The van der Waals surface area contributed by atoms with Gasteiger partial charge in [-0.2, -0.15) is 0 Å². The zero-order valence-corrected chi connectivity index (χ0v) is 28.5. The molecular weight excluding hydrogens is 696 g/mol. The molecule has 5 aromatic rings. The quantitative estimate of drug-likeness (QED) is 0.0932. The number of nitrogen functional groups attached to an aromatic ring is 3. The molecule has 0 aliphatic rings. The molecule has 49 heavy (non-hydrogen) atoms. The molecule has 0 bridgehead atoms. The summed E-state index contributed by atoms with van der Waals surface area (Å²) in [4.78, 5) is 36.6. The van der Waals surface area contributed by atoms with E-state index in [1.165, 1.54) is 30.5 Å². The van der Waals surface area contributed by atoms with Gasteiger partial charge in [0.25, 0.3) is 11.8 Å². The number of amides is 3. The molecule has 11 nitrogen and oxygen atoms in total.